The van der Waals surface area contributed by atoms with E-state index in [1.165, 1.54) is 12.8 Å². The number of carbonyl (C=O) groups excluding carboxylic acids is 1. The molecule has 0 heterocycles. The Balaban J connectivity index is 2.54. The van der Waals surface area contributed by atoms with E-state index in [2.05, 4.69) is 26.1 Å². The monoisotopic (exact) mass is 241 g/mol. The second-order valence-electron chi connectivity index (χ2n) is 6.07. The van der Waals surface area contributed by atoms with Gasteiger partial charge in [-0.3, -0.25) is 0 Å². The Morgan fingerprint density at radius 1 is 1.24 bits per heavy atom. The summed E-state index contributed by atoms with van der Waals surface area (Å²) in [6.07, 6.45) is 3.28. The lowest BCUT2D eigenvalue weighted by molar-refractivity contribution is 0.00543. The molecule has 3 heteroatoms. The second kappa shape index (κ2) is 6.27. The predicted molar refractivity (Wildman–Crippen MR) is 69.9 cm³/mol. The van der Waals surface area contributed by atoms with Crippen LogP contribution in [0.4, 0.5) is 4.79 Å². The zero-order valence-electron chi connectivity index (χ0n) is 11.8. The van der Waals surface area contributed by atoms with E-state index in [0.717, 1.165) is 6.42 Å². The van der Waals surface area contributed by atoms with Crippen molar-refractivity contribution in [1.29, 1.82) is 0 Å². The number of alkyl carbamates (subject to hydrolysis) is 1. The van der Waals surface area contributed by atoms with Crippen LogP contribution in [0.1, 0.15) is 53.9 Å². The van der Waals surface area contributed by atoms with Gasteiger partial charge in [-0.2, -0.15) is 0 Å². The maximum Gasteiger partial charge on any atom is 0.407 e. The lowest BCUT2D eigenvalue weighted by Gasteiger charge is -2.36. The molecular weight excluding hydrogens is 214 g/mol. The molecule has 1 fully saturated rings. The minimum absolute atomic E-state index is 0.0949. The predicted octanol–water partition coefficient (Wildman–Crippen LogP) is 3.58. The summed E-state index contributed by atoms with van der Waals surface area (Å²) in [5.41, 5.74) is 0. The van der Waals surface area contributed by atoms with Crippen LogP contribution in [0.5, 0.6) is 0 Å². The van der Waals surface area contributed by atoms with Crippen LogP contribution >= 0.6 is 0 Å². The van der Waals surface area contributed by atoms with E-state index in [4.69, 9.17) is 4.74 Å². The number of hydrogen-bond donors (Lipinski definition) is 1. The molecule has 1 unspecified atom stereocenters. The Kier molecular flexibility index (Phi) is 5.29. The van der Waals surface area contributed by atoms with Gasteiger partial charge in [0.15, 0.2) is 0 Å². The Bertz CT molecular complexity index is 251. The first kappa shape index (κ1) is 14.3. The van der Waals surface area contributed by atoms with Crippen LogP contribution in [0.2, 0.25) is 0 Å². The van der Waals surface area contributed by atoms with Gasteiger partial charge in [0.05, 0.1) is 0 Å². The molecule has 17 heavy (non-hydrogen) atoms. The number of rotatable bonds is 3. The lowest BCUT2D eigenvalue weighted by atomic mass is 9.75. The maximum atomic E-state index is 11.7. The highest BCUT2D eigenvalue weighted by Gasteiger charge is 2.33. The number of ether oxygens (including phenoxy) is 1. The van der Waals surface area contributed by atoms with Crippen LogP contribution in [-0.4, -0.2) is 18.2 Å². The van der Waals surface area contributed by atoms with E-state index in [1.807, 2.05) is 13.8 Å². The Morgan fingerprint density at radius 2 is 1.88 bits per heavy atom. The lowest BCUT2D eigenvalue weighted by Crippen LogP contribution is -2.40. The summed E-state index contributed by atoms with van der Waals surface area (Å²) in [5, 5.41) is 2.80. The molecule has 0 saturated heterocycles. The molecule has 0 radical (unpaired) electrons. The van der Waals surface area contributed by atoms with Gasteiger partial charge in [0.2, 0.25) is 0 Å². The molecule has 0 bridgehead atoms. The summed E-state index contributed by atoms with van der Waals surface area (Å²) in [7, 11) is 0. The van der Waals surface area contributed by atoms with Gasteiger partial charge in [0, 0.05) is 6.04 Å². The van der Waals surface area contributed by atoms with Crippen molar-refractivity contribution in [2.24, 2.45) is 17.8 Å². The van der Waals surface area contributed by atoms with Crippen molar-refractivity contribution >= 4 is 6.09 Å². The van der Waals surface area contributed by atoms with E-state index >= 15 is 0 Å². The Morgan fingerprint density at radius 3 is 2.41 bits per heavy atom. The average Bonchev–Trinajstić information content (AvgIpc) is 2.15. The minimum atomic E-state index is -0.259. The molecule has 0 aliphatic heterocycles. The third-order valence-electron chi connectivity index (χ3n) is 3.63. The maximum absolute atomic E-state index is 11.7. The number of nitrogens with one attached hydrogen (secondary N) is 1. The summed E-state index contributed by atoms with van der Waals surface area (Å²) in [6, 6.07) is 0.140. The number of amides is 1. The molecule has 3 nitrogen and oxygen atoms in total. The quantitative estimate of drug-likeness (QED) is 0.820. The van der Waals surface area contributed by atoms with Gasteiger partial charge in [-0.05, 0) is 44.4 Å². The van der Waals surface area contributed by atoms with Crippen LogP contribution in [-0.2, 0) is 4.74 Å². The Hall–Kier alpha value is -0.730. The first-order valence-corrected chi connectivity index (χ1v) is 6.87. The SMILES string of the molecule is CC(C)NC(=O)O[C@@H]1C[C@@H](C)CCC1C(C)C. The molecule has 1 N–H and O–H groups in total. The Labute approximate surface area is 105 Å². The normalized spacial score (nSPS) is 29.5. The van der Waals surface area contributed by atoms with Gasteiger partial charge in [0.1, 0.15) is 6.10 Å². The van der Waals surface area contributed by atoms with Crippen LogP contribution in [0, 0.1) is 17.8 Å². The van der Waals surface area contributed by atoms with Crippen molar-refractivity contribution in [2.45, 2.75) is 66.0 Å². The summed E-state index contributed by atoms with van der Waals surface area (Å²) in [6.45, 7) is 10.6. The summed E-state index contributed by atoms with van der Waals surface area (Å²) in [4.78, 5) is 11.7. The summed E-state index contributed by atoms with van der Waals surface area (Å²) in [5.74, 6) is 1.77. The molecule has 1 saturated carbocycles. The molecule has 1 amide bonds. The van der Waals surface area contributed by atoms with Crippen molar-refractivity contribution in [2.75, 3.05) is 0 Å². The highest BCUT2D eigenvalue weighted by Crippen LogP contribution is 2.35. The fourth-order valence-electron chi connectivity index (χ4n) is 2.66. The van der Waals surface area contributed by atoms with Crippen LogP contribution in [0.3, 0.4) is 0 Å². The molecule has 1 aliphatic rings. The van der Waals surface area contributed by atoms with E-state index in [1.54, 1.807) is 0 Å². The van der Waals surface area contributed by atoms with E-state index in [0.29, 0.717) is 17.8 Å². The fraction of sp³-hybridized carbons (Fsp3) is 0.929. The van der Waals surface area contributed by atoms with Crippen molar-refractivity contribution in [3.8, 4) is 0 Å². The minimum Gasteiger partial charge on any atom is -0.446 e. The highest BCUT2D eigenvalue weighted by atomic mass is 16.6. The van der Waals surface area contributed by atoms with Gasteiger partial charge < -0.3 is 10.1 Å². The van der Waals surface area contributed by atoms with Crippen LogP contribution < -0.4 is 5.32 Å². The number of carbonyl (C=O) groups is 1. The molecule has 3 atom stereocenters. The van der Waals surface area contributed by atoms with Crippen molar-refractivity contribution < 1.29 is 9.53 Å². The smallest absolute Gasteiger partial charge is 0.407 e. The van der Waals surface area contributed by atoms with E-state index in [9.17, 15) is 4.79 Å². The topological polar surface area (TPSA) is 38.3 Å². The van der Waals surface area contributed by atoms with Gasteiger partial charge in [-0.25, -0.2) is 4.79 Å². The van der Waals surface area contributed by atoms with Crippen LogP contribution in [0.15, 0.2) is 0 Å². The van der Waals surface area contributed by atoms with E-state index < -0.39 is 0 Å². The zero-order valence-corrected chi connectivity index (χ0v) is 11.8. The fourth-order valence-corrected chi connectivity index (χ4v) is 2.66. The molecule has 0 aromatic rings. The van der Waals surface area contributed by atoms with E-state index in [-0.39, 0.29) is 18.2 Å². The molecule has 1 aliphatic carbocycles. The molecule has 0 aromatic carbocycles. The molecule has 0 aromatic heterocycles. The van der Waals surface area contributed by atoms with Crippen molar-refractivity contribution in [3.63, 3.8) is 0 Å². The molecule has 100 valence electrons. The highest BCUT2D eigenvalue weighted by molar-refractivity contribution is 5.67. The standard InChI is InChI=1S/C14H27NO2/c1-9(2)12-7-6-11(5)8-13(12)17-14(16)15-10(3)4/h9-13H,6-8H2,1-5H3,(H,15,16)/t11-,12?,13+/m0/s1. The molecule has 0 spiro atoms. The van der Waals surface area contributed by atoms with Crippen molar-refractivity contribution in [3.05, 3.63) is 0 Å². The third-order valence-corrected chi connectivity index (χ3v) is 3.63. The van der Waals surface area contributed by atoms with Crippen molar-refractivity contribution in [1.82, 2.24) is 5.32 Å². The molecular formula is C14H27NO2. The first-order chi connectivity index (χ1) is 7.90. The summed E-state index contributed by atoms with van der Waals surface area (Å²) >= 11 is 0. The second-order valence-corrected chi connectivity index (χ2v) is 6.07. The molecule has 1 rings (SSSR count). The van der Waals surface area contributed by atoms with Gasteiger partial charge >= 0.3 is 6.09 Å². The van der Waals surface area contributed by atoms with Gasteiger partial charge in [-0.1, -0.05) is 27.2 Å². The summed E-state index contributed by atoms with van der Waals surface area (Å²) < 4.78 is 5.60. The van der Waals surface area contributed by atoms with Crippen LogP contribution in [0.25, 0.3) is 0 Å². The first-order valence-electron chi connectivity index (χ1n) is 6.87. The zero-order chi connectivity index (χ0) is 13.0. The van der Waals surface area contributed by atoms with Gasteiger partial charge in [-0.15, -0.1) is 0 Å². The third kappa shape index (κ3) is 4.57. The van der Waals surface area contributed by atoms with Gasteiger partial charge in [0.25, 0.3) is 0 Å². The largest absolute Gasteiger partial charge is 0.446 e. The average molecular weight is 241 g/mol. The number of hydrogen-bond acceptors (Lipinski definition) is 2.